The van der Waals surface area contributed by atoms with Gasteiger partial charge in [-0.2, -0.15) is 0 Å². The summed E-state index contributed by atoms with van der Waals surface area (Å²) in [6.45, 7) is 0.0271. The molecule has 0 saturated heterocycles. The van der Waals surface area contributed by atoms with Gasteiger partial charge in [0.25, 0.3) is 0 Å². The Morgan fingerprint density at radius 2 is 1.41 bits per heavy atom. The van der Waals surface area contributed by atoms with Gasteiger partial charge in [-0.25, -0.2) is 4.79 Å². The number of carbonyl (C=O) groups is 1. The van der Waals surface area contributed by atoms with Crippen LogP contribution in [0.2, 0.25) is 0 Å². The van der Waals surface area contributed by atoms with Gasteiger partial charge in [0.15, 0.2) is 6.61 Å². The second-order valence-electron chi connectivity index (χ2n) is 9.67. The van der Waals surface area contributed by atoms with Gasteiger partial charge in [0.05, 0.1) is 0 Å². The number of carboxylic acids is 1. The lowest BCUT2D eigenvalue weighted by Crippen LogP contribution is -2.11. The Morgan fingerprint density at radius 1 is 0.744 bits per heavy atom. The molecule has 0 unspecified atom stereocenters. The summed E-state index contributed by atoms with van der Waals surface area (Å²) in [5.74, 6) is 0.309. The number of carboxylic acid groups (broad SMARTS) is 1. The van der Waals surface area contributed by atoms with Crippen LogP contribution in [0.15, 0.2) is 109 Å². The number of hydrogen-bond acceptors (Lipinski definition) is 4. The maximum atomic E-state index is 11.3. The molecule has 5 rings (SSSR count). The van der Waals surface area contributed by atoms with Crippen LogP contribution in [-0.4, -0.2) is 31.8 Å². The van der Waals surface area contributed by atoms with Gasteiger partial charge in [0.1, 0.15) is 18.1 Å². The monoisotopic (exact) mass is 517 g/mol. The smallest absolute Gasteiger partial charge is 0.341 e. The van der Waals surface area contributed by atoms with Crippen LogP contribution in [0, 0.1) is 0 Å². The van der Waals surface area contributed by atoms with Gasteiger partial charge in [0.2, 0.25) is 0 Å². The number of benzene rings is 5. The number of hydrogen-bond donors (Lipinski definition) is 1. The summed E-state index contributed by atoms with van der Waals surface area (Å²) in [6.07, 6.45) is 0.599. The Morgan fingerprint density at radius 3 is 2.05 bits per heavy atom. The summed E-state index contributed by atoms with van der Waals surface area (Å²) in [5, 5.41) is 11.3. The van der Waals surface area contributed by atoms with E-state index in [2.05, 4.69) is 53.4 Å². The highest BCUT2D eigenvalue weighted by atomic mass is 16.5. The van der Waals surface area contributed by atoms with E-state index in [1.54, 1.807) is 0 Å². The molecular formula is C34H31NO4. The average molecular weight is 518 g/mol. The first-order chi connectivity index (χ1) is 19.0. The lowest BCUT2D eigenvalue weighted by molar-refractivity contribution is -0.139. The van der Waals surface area contributed by atoms with Crippen LogP contribution in [0.25, 0.3) is 21.9 Å². The molecule has 39 heavy (non-hydrogen) atoms. The van der Waals surface area contributed by atoms with Crippen LogP contribution < -0.4 is 14.4 Å². The zero-order valence-electron chi connectivity index (χ0n) is 22.1. The fourth-order valence-corrected chi connectivity index (χ4v) is 4.67. The van der Waals surface area contributed by atoms with Gasteiger partial charge in [-0.1, -0.05) is 78.9 Å². The zero-order valence-corrected chi connectivity index (χ0v) is 22.1. The molecule has 5 heteroatoms. The summed E-state index contributed by atoms with van der Waals surface area (Å²) in [4.78, 5) is 13.4. The van der Waals surface area contributed by atoms with Gasteiger partial charge in [0, 0.05) is 37.3 Å². The summed E-state index contributed by atoms with van der Waals surface area (Å²) in [7, 11) is 4.05. The van der Waals surface area contributed by atoms with E-state index in [1.165, 1.54) is 0 Å². The third kappa shape index (κ3) is 6.21. The molecule has 0 aliphatic heterocycles. The molecule has 0 aliphatic rings. The first-order valence-corrected chi connectivity index (χ1v) is 12.9. The molecular weight excluding hydrogens is 486 g/mol. The van der Waals surface area contributed by atoms with Gasteiger partial charge in [-0.3, -0.25) is 0 Å². The van der Waals surface area contributed by atoms with Crippen molar-refractivity contribution in [1.29, 1.82) is 0 Å². The standard InChI is InChI=1S/C34H31NO4/c1-35(2)28-16-13-26(14-17-28)30-20-27-15-18-32(39-23-34(36)37)31(19-24-9-5-3-6-10-24)29(27)21-33(30)38-22-25-11-7-4-8-12-25/h3-18,20-21H,19,22-23H2,1-2H3,(H,36,37). The highest BCUT2D eigenvalue weighted by Crippen LogP contribution is 2.39. The molecule has 0 heterocycles. The molecule has 0 bridgehead atoms. The summed E-state index contributed by atoms with van der Waals surface area (Å²) in [6, 6.07) is 36.7. The van der Waals surface area contributed by atoms with E-state index in [4.69, 9.17) is 9.47 Å². The number of nitrogens with zero attached hydrogens (tertiary/aromatic N) is 1. The van der Waals surface area contributed by atoms with Crippen molar-refractivity contribution in [1.82, 2.24) is 0 Å². The van der Waals surface area contributed by atoms with E-state index in [9.17, 15) is 9.90 Å². The van der Waals surface area contributed by atoms with Crippen LogP contribution in [0.5, 0.6) is 11.5 Å². The first kappa shape index (κ1) is 25.9. The fourth-order valence-electron chi connectivity index (χ4n) is 4.67. The highest BCUT2D eigenvalue weighted by Gasteiger charge is 2.16. The van der Waals surface area contributed by atoms with Crippen molar-refractivity contribution in [2.75, 3.05) is 25.6 Å². The maximum Gasteiger partial charge on any atom is 0.341 e. The van der Waals surface area contributed by atoms with E-state index in [-0.39, 0.29) is 0 Å². The maximum absolute atomic E-state index is 11.3. The van der Waals surface area contributed by atoms with Crippen LogP contribution in [-0.2, 0) is 17.8 Å². The van der Waals surface area contributed by atoms with Crippen molar-refractivity contribution in [3.8, 4) is 22.6 Å². The van der Waals surface area contributed by atoms with Crippen LogP contribution in [0.1, 0.15) is 16.7 Å². The molecule has 1 N–H and O–H groups in total. The quantitative estimate of drug-likeness (QED) is 0.212. The normalized spacial score (nSPS) is 10.8. The minimum atomic E-state index is -1.01. The zero-order chi connectivity index (χ0) is 27.2. The van der Waals surface area contributed by atoms with Gasteiger partial charge in [-0.05, 0) is 57.8 Å². The molecule has 0 radical (unpaired) electrons. The molecule has 5 aromatic rings. The molecule has 5 nitrogen and oxygen atoms in total. The van der Waals surface area contributed by atoms with Crippen molar-refractivity contribution in [2.24, 2.45) is 0 Å². The Labute approximate surface area is 228 Å². The molecule has 0 aromatic heterocycles. The summed E-state index contributed by atoms with van der Waals surface area (Å²) >= 11 is 0. The predicted molar refractivity (Wildman–Crippen MR) is 157 cm³/mol. The summed E-state index contributed by atoms with van der Waals surface area (Å²) < 4.78 is 12.2. The summed E-state index contributed by atoms with van der Waals surface area (Å²) in [5.41, 5.74) is 6.29. The van der Waals surface area contributed by atoms with E-state index in [1.807, 2.05) is 74.8 Å². The second kappa shape index (κ2) is 11.7. The lowest BCUT2D eigenvalue weighted by Gasteiger charge is -2.18. The fraction of sp³-hybridized carbons (Fsp3) is 0.147. The number of aliphatic carboxylic acids is 1. The van der Waals surface area contributed by atoms with Crippen molar-refractivity contribution >= 4 is 22.4 Å². The Balaban J connectivity index is 1.64. The first-order valence-electron chi connectivity index (χ1n) is 12.9. The molecule has 0 atom stereocenters. The molecule has 0 spiro atoms. The van der Waals surface area contributed by atoms with Crippen molar-refractivity contribution in [3.63, 3.8) is 0 Å². The number of anilines is 1. The minimum Gasteiger partial charge on any atom is -0.488 e. The van der Waals surface area contributed by atoms with E-state index < -0.39 is 12.6 Å². The molecule has 0 aliphatic carbocycles. The Bertz CT molecular complexity index is 1560. The average Bonchev–Trinajstić information content (AvgIpc) is 2.96. The SMILES string of the molecule is CN(C)c1ccc(-c2cc3ccc(OCC(=O)O)c(Cc4ccccc4)c3cc2OCc2ccccc2)cc1. The van der Waals surface area contributed by atoms with Crippen molar-refractivity contribution < 1.29 is 19.4 Å². The van der Waals surface area contributed by atoms with Crippen molar-refractivity contribution in [3.05, 3.63) is 126 Å². The molecule has 0 amide bonds. The largest absolute Gasteiger partial charge is 0.488 e. The number of fused-ring (bicyclic) bond motifs is 1. The molecule has 0 saturated carbocycles. The van der Waals surface area contributed by atoms with Gasteiger partial charge >= 0.3 is 5.97 Å². The van der Waals surface area contributed by atoms with Crippen LogP contribution in [0.3, 0.4) is 0 Å². The van der Waals surface area contributed by atoms with E-state index in [0.717, 1.165) is 50.0 Å². The predicted octanol–water partition coefficient (Wildman–Crippen LogP) is 7.21. The lowest BCUT2D eigenvalue weighted by atomic mass is 9.93. The van der Waals surface area contributed by atoms with Crippen molar-refractivity contribution in [2.45, 2.75) is 13.0 Å². The second-order valence-corrected chi connectivity index (χ2v) is 9.67. The minimum absolute atomic E-state index is 0.402. The van der Waals surface area contributed by atoms with Gasteiger partial charge < -0.3 is 19.5 Å². The van der Waals surface area contributed by atoms with E-state index >= 15 is 0 Å². The number of rotatable bonds is 10. The highest BCUT2D eigenvalue weighted by molar-refractivity contribution is 5.94. The van der Waals surface area contributed by atoms with E-state index in [0.29, 0.717) is 18.8 Å². The topological polar surface area (TPSA) is 59.0 Å². The molecule has 5 aromatic carbocycles. The van der Waals surface area contributed by atoms with Crippen LogP contribution in [0.4, 0.5) is 5.69 Å². The van der Waals surface area contributed by atoms with Gasteiger partial charge in [-0.15, -0.1) is 0 Å². The number of ether oxygens (including phenoxy) is 2. The third-order valence-electron chi connectivity index (χ3n) is 6.70. The molecule has 196 valence electrons. The Hall–Kier alpha value is -4.77. The van der Waals surface area contributed by atoms with Crippen LogP contribution >= 0.6 is 0 Å². The molecule has 0 fully saturated rings. The third-order valence-corrected chi connectivity index (χ3v) is 6.70. The Kier molecular flexibility index (Phi) is 7.78.